The van der Waals surface area contributed by atoms with Gasteiger partial charge in [-0.1, -0.05) is 36.4 Å². The van der Waals surface area contributed by atoms with Crippen molar-refractivity contribution in [2.75, 3.05) is 11.6 Å². The van der Waals surface area contributed by atoms with Crippen molar-refractivity contribution >= 4 is 40.9 Å². The molecule has 0 radical (unpaired) electrons. The van der Waals surface area contributed by atoms with Crippen LogP contribution in [0.5, 0.6) is 0 Å². The summed E-state index contributed by atoms with van der Waals surface area (Å²) >= 11 is 6.97. The van der Waals surface area contributed by atoms with Crippen LogP contribution in [0.2, 0.25) is 0 Å². The highest BCUT2D eigenvalue weighted by molar-refractivity contribution is 7.73. The molecule has 0 fully saturated rings. The van der Waals surface area contributed by atoms with Crippen molar-refractivity contribution in [2.24, 2.45) is 0 Å². The zero-order valence-corrected chi connectivity index (χ0v) is 15.6. The van der Waals surface area contributed by atoms with E-state index in [0.29, 0.717) is 16.3 Å². The minimum atomic E-state index is -0.371. The Kier molecular flexibility index (Phi) is 5.31. The van der Waals surface area contributed by atoms with Gasteiger partial charge in [0.15, 0.2) is 9.65 Å². The second kappa shape index (κ2) is 7.63. The number of nitrogens with zero attached hydrogens (tertiary/aromatic N) is 2. The maximum atomic E-state index is 12.6. The van der Waals surface area contributed by atoms with Gasteiger partial charge < -0.3 is 4.74 Å². The van der Waals surface area contributed by atoms with Crippen molar-refractivity contribution in [1.29, 1.82) is 0 Å². The molecule has 1 heterocycles. The van der Waals surface area contributed by atoms with E-state index in [0.717, 1.165) is 16.3 Å². The number of anilines is 2. The standard InChI is InChI=1S/C19H18N2O2S2/c1-3-23-18(22)17-14(2)25-19(24)21(17)20(15-10-6-4-7-11-15)16-12-8-5-9-13-16/h4-13H,3H2,1-2H3. The first kappa shape index (κ1) is 17.4. The number of hydrogen-bond donors (Lipinski definition) is 0. The van der Waals surface area contributed by atoms with Crippen LogP contribution in [0.25, 0.3) is 0 Å². The Bertz CT molecular complexity index is 878. The van der Waals surface area contributed by atoms with Crippen LogP contribution in [-0.4, -0.2) is 17.3 Å². The van der Waals surface area contributed by atoms with Gasteiger partial charge in [-0.05, 0) is 50.3 Å². The lowest BCUT2D eigenvalue weighted by molar-refractivity contribution is 0.0514. The average molecular weight is 370 g/mol. The Balaban J connectivity index is 2.25. The van der Waals surface area contributed by atoms with E-state index < -0.39 is 0 Å². The molecule has 128 valence electrons. The number of carbonyl (C=O) groups excluding carboxylic acids is 1. The number of hydrogen-bond acceptors (Lipinski definition) is 5. The van der Waals surface area contributed by atoms with E-state index >= 15 is 0 Å². The van der Waals surface area contributed by atoms with Gasteiger partial charge in [0.05, 0.1) is 18.0 Å². The monoisotopic (exact) mass is 370 g/mol. The predicted octanol–water partition coefficient (Wildman–Crippen LogP) is 5.37. The molecule has 4 nitrogen and oxygen atoms in total. The summed E-state index contributed by atoms with van der Waals surface area (Å²) in [6, 6.07) is 19.7. The first-order chi connectivity index (χ1) is 12.1. The number of aryl methyl sites for hydroxylation is 1. The maximum absolute atomic E-state index is 12.6. The zero-order valence-electron chi connectivity index (χ0n) is 14.0. The fourth-order valence-electron chi connectivity index (χ4n) is 2.59. The van der Waals surface area contributed by atoms with Crippen LogP contribution in [0.15, 0.2) is 60.7 Å². The van der Waals surface area contributed by atoms with Crippen molar-refractivity contribution in [3.8, 4) is 0 Å². The van der Waals surface area contributed by atoms with Gasteiger partial charge in [-0.25, -0.2) is 14.5 Å². The number of ether oxygens (including phenoxy) is 1. The minimum absolute atomic E-state index is 0.317. The van der Waals surface area contributed by atoms with Gasteiger partial charge >= 0.3 is 5.97 Å². The number of rotatable bonds is 5. The van der Waals surface area contributed by atoms with Gasteiger partial charge in [0, 0.05) is 4.88 Å². The second-order valence-corrected chi connectivity index (χ2v) is 7.14. The van der Waals surface area contributed by atoms with Gasteiger partial charge in [0.25, 0.3) is 0 Å². The Morgan fingerprint density at radius 1 is 1.08 bits per heavy atom. The number of esters is 1. The van der Waals surface area contributed by atoms with Gasteiger partial charge in [0.1, 0.15) is 0 Å². The Labute approximate surface area is 155 Å². The SMILES string of the molecule is CCOC(=O)c1c(C)sc(=S)n1N(c1ccccc1)c1ccccc1. The van der Waals surface area contributed by atoms with Crippen molar-refractivity contribution in [2.45, 2.75) is 13.8 Å². The largest absolute Gasteiger partial charge is 0.461 e. The third kappa shape index (κ3) is 3.50. The van der Waals surface area contributed by atoms with E-state index in [1.807, 2.05) is 72.6 Å². The molecule has 0 aliphatic heterocycles. The van der Waals surface area contributed by atoms with Gasteiger partial charge in [-0.2, -0.15) is 0 Å². The number of para-hydroxylation sites is 2. The number of aromatic nitrogens is 1. The molecular weight excluding hydrogens is 352 g/mol. The molecule has 0 aliphatic rings. The van der Waals surface area contributed by atoms with Crippen LogP contribution in [0.4, 0.5) is 11.4 Å². The summed E-state index contributed by atoms with van der Waals surface area (Å²) in [6.07, 6.45) is 0. The van der Waals surface area contributed by atoms with Crippen molar-refractivity contribution in [1.82, 2.24) is 4.68 Å². The first-order valence-electron chi connectivity index (χ1n) is 7.93. The molecule has 0 aliphatic carbocycles. The lowest BCUT2D eigenvalue weighted by atomic mass is 10.2. The van der Waals surface area contributed by atoms with Gasteiger partial charge in [-0.15, -0.1) is 11.3 Å². The van der Waals surface area contributed by atoms with E-state index in [1.165, 1.54) is 11.3 Å². The zero-order chi connectivity index (χ0) is 17.8. The summed E-state index contributed by atoms with van der Waals surface area (Å²) in [6.45, 7) is 4.00. The Hall–Kier alpha value is -2.44. The van der Waals surface area contributed by atoms with E-state index in [4.69, 9.17) is 17.0 Å². The molecular formula is C19H18N2O2S2. The molecule has 0 unspecified atom stereocenters. The summed E-state index contributed by atoms with van der Waals surface area (Å²) in [5.74, 6) is -0.371. The summed E-state index contributed by atoms with van der Waals surface area (Å²) in [5, 5.41) is 1.94. The molecule has 1 aromatic heterocycles. The van der Waals surface area contributed by atoms with Crippen LogP contribution in [0.3, 0.4) is 0 Å². The molecule has 0 saturated heterocycles. The Morgan fingerprint density at radius 3 is 2.08 bits per heavy atom. The van der Waals surface area contributed by atoms with E-state index in [1.54, 1.807) is 11.6 Å². The quantitative estimate of drug-likeness (QED) is 0.447. The molecule has 0 amide bonds. The van der Waals surface area contributed by atoms with Crippen LogP contribution >= 0.6 is 23.6 Å². The van der Waals surface area contributed by atoms with Gasteiger partial charge in [0.2, 0.25) is 0 Å². The maximum Gasteiger partial charge on any atom is 0.358 e. The molecule has 3 rings (SSSR count). The summed E-state index contributed by atoms with van der Waals surface area (Å²) in [7, 11) is 0. The first-order valence-corrected chi connectivity index (χ1v) is 9.16. The minimum Gasteiger partial charge on any atom is -0.461 e. The normalized spacial score (nSPS) is 10.5. The Morgan fingerprint density at radius 2 is 1.60 bits per heavy atom. The van der Waals surface area contributed by atoms with Crippen molar-refractivity contribution < 1.29 is 9.53 Å². The number of carbonyl (C=O) groups is 1. The molecule has 0 spiro atoms. The highest BCUT2D eigenvalue weighted by Crippen LogP contribution is 2.30. The molecule has 0 saturated carbocycles. The van der Waals surface area contributed by atoms with E-state index in [2.05, 4.69) is 0 Å². The lowest BCUT2D eigenvalue weighted by Gasteiger charge is -2.27. The summed E-state index contributed by atoms with van der Waals surface area (Å²) < 4.78 is 7.61. The molecule has 0 N–H and O–H groups in total. The van der Waals surface area contributed by atoms with Crippen LogP contribution in [-0.2, 0) is 4.74 Å². The fraction of sp³-hybridized carbons (Fsp3) is 0.158. The van der Waals surface area contributed by atoms with Gasteiger partial charge in [-0.3, -0.25) is 0 Å². The fourth-order valence-corrected chi connectivity index (χ4v) is 3.93. The smallest absolute Gasteiger partial charge is 0.358 e. The summed E-state index contributed by atoms with van der Waals surface area (Å²) in [4.78, 5) is 13.4. The number of thiazole rings is 1. The highest BCUT2D eigenvalue weighted by atomic mass is 32.1. The van der Waals surface area contributed by atoms with Crippen LogP contribution < -0.4 is 5.01 Å². The van der Waals surface area contributed by atoms with Crippen molar-refractivity contribution in [3.05, 3.63) is 75.2 Å². The molecule has 25 heavy (non-hydrogen) atoms. The molecule has 0 atom stereocenters. The van der Waals surface area contributed by atoms with Crippen molar-refractivity contribution in [3.63, 3.8) is 0 Å². The average Bonchev–Trinajstić information content (AvgIpc) is 2.91. The highest BCUT2D eigenvalue weighted by Gasteiger charge is 2.24. The lowest BCUT2D eigenvalue weighted by Crippen LogP contribution is -2.29. The molecule has 2 aromatic carbocycles. The van der Waals surface area contributed by atoms with E-state index in [9.17, 15) is 4.79 Å². The molecule has 6 heteroatoms. The number of benzene rings is 2. The topological polar surface area (TPSA) is 34.5 Å². The summed E-state index contributed by atoms with van der Waals surface area (Å²) in [5.41, 5.74) is 2.28. The molecule has 3 aromatic rings. The molecule has 0 bridgehead atoms. The third-order valence-electron chi connectivity index (χ3n) is 3.63. The van der Waals surface area contributed by atoms with Crippen LogP contribution in [0.1, 0.15) is 22.3 Å². The van der Waals surface area contributed by atoms with Crippen LogP contribution in [0, 0.1) is 10.9 Å². The third-order valence-corrected chi connectivity index (χ3v) is 4.90. The van der Waals surface area contributed by atoms with E-state index in [-0.39, 0.29) is 5.97 Å². The second-order valence-electron chi connectivity index (χ2n) is 5.29. The predicted molar refractivity (Wildman–Crippen MR) is 104 cm³/mol.